The summed E-state index contributed by atoms with van der Waals surface area (Å²) in [7, 11) is -1.81. The molecule has 1 aliphatic carbocycles. The van der Waals surface area contributed by atoms with Crippen LogP contribution >= 0.6 is 0 Å². The Morgan fingerprint density at radius 1 is 1.09 bits per heavy atom. The van der Waals surface area contributed by atoms with Crippen LogP contribution in [0, 0.1) is 23.7 Å². The van der Waals surface area contributed by atoms with Gasteiger partial charge < -0.3 is 10.1 Å². The molecule has 1 aromatic carbocycles. The lowest BCUT2D eigenvalue weighted by atomic mass is 9.82. The van der Waals surface area contributed by atoms with Crippen molar-refractivity contribution in [1.82, 2.24) is 9.97 Å². The van der Waals surface area contributed by atoms with E-state index >= 15 is 0 Å². The highest BCUT2D eigenvalue weighted by Crippen LogP contribution is 2.29. The van der Waals surface area contributed by atoms with E-state index in [9.17, 15) is 13.2 Å². The smallest absolute Gasteiger partial charge is 0.308 e. The van der Waals surface area contributed by atoms with Gasteiger partial charge in [-0.3, -0.25) is 4.79 Å². The van der Waals surface area contributed by atoms with Crippen molar-refractivity contribution in [3.8, 4) is 11.8 Å². The highest BCUT2D eigenvalue weighted by Gasteiger charge is 2.25. The topological polar surface area (TPSA) is 98.2 Å². The van der Waals surface area contributed by atoms with Gasteiger partial charge in [-0.25, -0.2) is 18.4 Å². The van der Waals surface area contributed by atoms with Gasteiger partial charge in [0.05, 0.1) is 17.9 Å². The second-order valence-corrected chi connectivity index (χ2v) is 10.2. The molecule has 7 nitrogen and oxygen atoms in total. The summed E-state index contributed by atoms with van der Waals surface area (Å²) in [4.78, 5) is 20.9. The summed E-state index contributed by atoms with van der Waals surface area (Å²) in [6.45, 7) is 0. The number of carbonyl (C=O) groups is 1. The number of esters is 1. The fourth-order valence-corrected chi connectivity index (χ4v) is 4.61. The maximum absolute atomic E-state index is 11.7. The first-order chi connectivity index (χ1) is 15.8. The molecule has 2 heterocycles. The quantitative estimate of drug-likeness (QED) is 0.459. The summed E-state index contributed by atoms with van der Waals surface area (Å²) in [5, 5.41) is 5.02. The average Bonchev–Trinajstić information content (AvgIpc) is 2.82. The first-order valence-electron chi connectivity index (χ1n) is 10.7. The zero-order chi connectivity index (χ0) is 23.4. The zero-order valence-electron chi connectivity index (χ0n) is 18.5. The molecule has 3 aromatic rings. The molecule has 0 unspecified atom stereocenters. The fraction of sp³-hybridized carbons (Fsp3) is 0.320. The second-order valence-electron chi connectivity index (χ2n) is 8.21. The lowest BCUT2D eigenvalue weighted by Gasteiger charge is -2.23. The molecule has 0 radical (unpaired) electrons. The molecule has 1 N–H and O–H groups in total. The number of ether oxygens (including phenoxy) is 1. The highest BCUT2D eigenvalue weighted by atomic mass is 32.2. The van der Waals surface area contributed by atoms with Crippen molar-refractivity contribution in [2.24, 2.45) is 11.8 Å². The number of methoxy groups -OCH3 is 1. The lowest BCUT2D eigenvalue weighted by Crippen LogP contribution is -2.22. The van der Waals surface area contributed by atoms with E-state index in [-0.39, 0.29) is 22.7 Å². The van der Waals surface area contributed by atoms with Gasteiger partial charge in [0.1, 0.15) is 11.5 Å². The van der Waals surface area contributed by atoms with Crippen molar-refractivity contribution in [2.45, 2.75) is 30.6 Å². The second kappa shape index (κ2) is 9.59. The van der Waals surface area contributed by atoms with Crippen LogP contribution in [0.5, 0.6) is 0 Å². The van der Waals surface area contributed by atoms with E-state index in [1.165, 1.54) is 13.4 Å². The third-order valence-corrected chi connectivity index (χ3v) is 6.99. The summed E-state index contributed by atoms with van der Waals surface area (Å²) in [6, 6.07) is 10.3. The number of hydrogen-bond acceptors (Lipinski definition) is 7. The molecule has 1 fully saturated rings. The molecule has 0 aliphatic heterocycles. The Labute approximate surface area is 193 Å². The van der Waals surface area contributed by atoms with Crippen molar-refractivity contribution in [1.29, 1.82) is 0 Å². The van der Waals surface area contributed by atoms with E-state index in [0.717, 1.165) is 42.1 Å². The third-order valence-electron chi connectivity index (χ3n) is 5.86. The van der Waals surface area contributed by atoms with E-state index in [0.29, 0.717) is 11.5 Å². The van der Waals surface area contributed by atoms with Gasteiger partial charge in [-0.2, -0.15) is 0 Å². The lowest BCUT2D eigenvalue weighted by molar-refractivity contribution is -0.146. The number of carbonyl (C=O) groups excluding carboxylic acids is 1. The zero-order valence-corrected chi connectivity index (χ0v) is 19.4. The Kier molecular flexibility index (Phi) is 6.61. The fourth-order valence-electron chi connectivity index (χ4n) is 3.98. The minimum Gasteiger partial charge on any atom is -0.469 e. The number of nitrogens with one attached hydrogen (secondary N) is 1. The number of anilines is 2. The number of benzene rings is 1. The maximum Gasteiger partial charge on any atom is 0.308 e. The van der Waals surface area contributed by atoms with Gasteiger partial charge in [0, 0.05) is 41.0 Å². The molecule has 0 bridgehead atoms. The van der Waals surface area contributed by atoms with Crippen molar-refractivity contribution < 1.29 is 17.9 Å². The standard InChI is InChI=1S/C25H25N3O4S/c1-32-25(29)18-6-3-17(4-7-18)5-12-23-22-15-24(27-16-19(22)13-14-26-23)28-20-8-10-21(11-9-20)33(2,30)31/h8-11,13-18H,3-4,6-7H2,1-2H3,(H,27,28). The van der Waals surface area contributed by atoms with Crippen LogP contribution in [-0.4, -0.2) is 37.7 Å². The van der Waals surface area contributed by atoms with Gasteiger partial charge in [0.25, 0.3) is 0 Å². The predicted octanol–water partition coefficient (Wildman–Crippen LogP) is 4.11. The normalized spacial score (nSPS) is 18.2. The highest BCUT2D eigenvalue weighted by molar-refractivity contribution is 7.90. The third kappa shape index (κ3) is 5.49. The predicted molar refractivity (Wildman–Crippen MR) is 127 cm³/mol. The van der Waals surface area contributed by atoms with E-state index < -0.39 is 9.84 Å². The van der Waals surface area contributed by atoms with Crippen LogP contribution in [-0.2, 0) is 19.4 Å². The molecule has 4 rings (SSSR count). The number of hydrogen-bond donors (Lipinski definition) is 1. The molecule has 33 heavy (non-hydrogen) atoms. The van der Waals surface area contributed by atoms with Crippen molar-refractivity contribution >= 4 is 38.1 Å². The van der Waals surface area contributed by atoms with Crippen LogP contribution in [0.25, 0.3) is 10.8 Å². The molecule has 170 valence electrons. The molecule has 1 saturated carbocycles. The molecule has 8 heteroatoms. The van der Waals surface area contributed by atoms with Crippen molar-refractivity contribution in [3.63, 3.8) is 0 Å². The minimum atomic E-state index is -3.24. The minimum absolute atomic E-state index is 0.0186. The van der Waals surface area contributed by atoms with E-state index in [1.54, 1.807) is 36.7 Å². The van der Waals surface area contributed by atoms with Gasteiger partial charge >= 0.3 is 5.97 Å². The molecule has 0 amide bonds. The number of pyridine rings is 2. The molecule has 0 saturated heterocycles. The Bertz CT molecular complexity index is 1330. The number of nitrogens with zero attached hydrogens (tertiary/aromatic N) is 2. The Morgan fingerprint density at radius 2 is 1.82 bits per heavy atom. The van der Waals surface area contributed by atoms with Crippen LogP contribution in [0.2, 0.25) is 0 Å². The van der Waals surface area contributed by atoms with Crippen LogP contribution in [0.15, 0.2) is 53.7 Å². The molecule has 1 aliphatic rings. The molecule has 2 aromatic heterocycles. The van der Waals surface area contributed by atoms with E-state index in [4.69, 9.17) is 4.74 Å². The van der Waals surface area contributed by atoms with Crippen LogP contribution in [0.4, 0.5) is 11.5 Å². The summed E-state index contributed by atoms with van der Waals surface area (Å²) in [6.07, 6.45) is 8.00. The van der Waals surface area contributed by atoms with Crippen LogP contribution in [0.1, 0.15) is 31.4 Å². The van der Waals surface area contributed by atoms with Gasteiger partial charge in [0.15, 0.2) is 9.84 Å². The van der Waals surface area contributed by atoms with E-state index in [1.807, 2.05) is 12.1 Å². The summed E-state index contributed by atoms with van der Waals surface area (Å²) < 4.78 is 28.2. The van der Waals surface area contributed by atoms with Gasteiger partial charge in [0.2, 0.25) is 0 Å². The average molecular weight is 464 g/mol. The number of fused-ring (bicyclic) bond motifs is 1. The van der Waals surface area contributed by atoms with Gasteiger partial charge in [-0.15, -0.1) is 0 Å². The first-order valence-corrected chi connectivity index (χ1v) is 12.6. The van der Waals surface area contributed by atoms with Crippen LogP contribution < -0.4 is 5.32 Å². The summed E-state index contributed by atoms with van der Waals surface area (Å²) in [5.74, 6) is 7.27. The van der Waals surface area contributed by atoms with Crippen LogP contribution in [0.3, 0.4) is 0 Å². The van der Waals surface area contributed by atoms with Crippen molar-refractivity contribution in [3.05, 3.63) is 54.5 Å². The molecule has 0 atom stereocenters. The summed E-state index contributed by atoms with van der Waals surface area (Å²) >= 11 is 0. The number of sulfone groups is 1. The first kappa shape index (κ1) is 22.7. The van der Waals surface area contributed by atoms with Gasteiger partial charge in [-0.1, -0.05) is 5.92 Å². The largest absolute Gasteiger partial charge is 0.469 e. The maximum atomic E-state index is 11.7. The Morgan fingerprint density at radius 3 is 2.48 bits per heavy atom. The Balaban J connectivity index is 1.52. The SMILES string of the molecule is COC(=O)C1CCC(C#Cc2nccc3cnc(Nc4ccc(S(C)(=O)=O)cc4)cc23)CC1. The summed E-state index contributed by atoms with van der Waals surface area (Å²) in [5.41, 5.74) is 1.41. The van der Waals surface area contributed by atoms with E-state index in [2.05, 4.69) is 27.1 Å². The molecule has 0 spiro atoms. The van der Waals surface area contributed by atoms with Gasteiger partial charge in [-0.05, 0) is 68.0 Å². The number of rotatable bonds is 4. The van der Waals surface area contributed by atoms with Crippen molar-refractivity contribution in [2.75, 3.05) is 18.7 Å². The molecular formula is C25H25N3O4S. The monoisotopic (exact) mass is 463 g/mol. The number of aromatic nitrogens is 2. The molecular weight excluding hydrogens is 438 g/mol. The Hall–Kier alpha value is -3.44.